The van der Waals surface area contributed by atoms with E-state index in [-0.39, 0.29) is 11.5 Å². The van der Waals surface area contributed by atoms with Gasteiger partial charge in [-0.1, -0.05) is 0 Å². The molecule has 2 aromatic heterocycles. The molecule has 4 heterocycles. The van der Waals surface area contributed by atoms with Gasteiger partial charge in [0.2, 0.25) is 0 Å². The van der Waals surface area contributed by atoms with Gasteiger partial charge in [0, 0.05) is 41.6 Å². The van der Waals surface area contributed by atoms with E-state index in [2.05, 4.69) is 16.4 Å². The number of imidazole rings is 1. The van der Waals surface area contributed by atoms with Crippen molar-refractivity contribution in [3.05, 3.63) is 70.4 Å². The van der Waals surface area contributed by atoms with Crippen LogP contribution in [0.25, 0.3) is 5.69 Å². The van der Waals surface area contributed by atoms with Crippen LogP contribution in [0.5, 0.6) is 0 Å². The maximum absolute atomic E-state index is 12.9. The summed E-state index contributed by atoms with van der Waals surface area (Å²) in [5.74, 6) is 0.101. The van der Waals surface area contributed by atoms with Crippen LogP contribution in [0.4, 0.5) is 0 Å². The van der Waals surface area contributed by atoms with Gasteiger partial charge in [0.05, 0.1) is 12.9 Å². The van der Waals surface area contributed by atoms with E-state index in [1.807, 2.05) is 39.9 Å². The summed E-state index contributed by atoms with van der Waals surface area (Å²) in [7, 11) is 0. The van der Waals surface area contributed by atoms with E-state index in [1.54, 1.807) is 23.9 Å². The normalized spacial score (nSPS) is 18.4. The number of hydrogen-bond donors (Lipinski definition) is 0. The molecule has 1 aromatic carbocycles. The Bertz CT molecular complexity index is 938. The molecule has 0 unspecified atom stereocenters. The molecule has 27 heavy (non-hydrogen) atoms. The molecule has 0 radical (unpaired) electrons. The average Bonchev–Trinajstić information content (AvgIpc) is 3.41. The highest BCUT2D eigenvalue weighted by atomic mass is 32.1. The summed E-state index contributed by atoms with van der Waals surface area (Å²) >= 11 is 1.80. The lowest BCUT2D eigenvalue weighted by molar-refractivity contribution is -0.0906. The first kappa shape index (κ1) is 16.7. The first-order chi connectivity index (χ1) is 13.3. The zero-order chi connectivity index (χ0) is 18.3. The summed E-state index contributed by atoms with van der Waals surface area (Å²) in [5.41, 5.74) is 2.99. The molecule has 6 heteroatoms. The zero-order valence-electron chi connectivity index (χ0n) is 15.0. The molecule has 0 bridgehead atoms. The van der Waals surface area contributed by atoms with Gasteiger partial charge in [-0.15, -0.1) is 11.3 Å². The van der Waals surface area contributed by atoms with Crippen LogP contribution < -0.4 is 0 Å². The average molecular weight is 379 g/mol. The van der Waals surface area contributed by atoms with E-state index in [1.165, 1.54) is 10.4 Å². The van der Waals surface area contributed by atoms with Crippen molar-refractivity contribution in [2.24, 2.45) is 0 Å². The molecule has 0 atom stereocenters. The van der Waals surface area contributed by atoms with Gasteiger partial charge in [0.1, 0.15) is 5.60 Å². The van der Waals surface area contributed by atoms with Crippen molar-refractivity contribution in [2.45, 2.75) is 24.9 Å². The fraction of sp³-hybridized carbons (Fsp3) is 0.333. The van der Waals surface area contributed by atoms with Gasteiger partial charge in [0.25, 0.3) is 5.91 Å². The lowest BCUT2D eigenvalue weighted by Gasteiger charge is -2.43. The van der Waals surface area contributed by atoms with Crippen LogP contribution in [0.3, 0.4) is 0 Å². The second-order valence-corrected chi connectivity index (χ2v) is 8.09. The third kappa shape index (κ3) is 2.89. The van der Waals surface area contributed by atoms with Gasteiger partial charge in [-0.3, -0.25) is 4.79 Å². The Morgan fingerprint density at radius 2 is 1.96 bits per heavy atom. The van der Waals surface area contributed by atoms with Crippen LogP contribution in [-0.2, 0) is 16.8 Å². The molecule has 5 rings (SSSR count). The fourth-order valence-corrected chi connectivity index (χ4v) is 5.34. The van der Waals surface area contributed by atoms with E-state index in [0.717, 1.165) is 50.2 Å². The summed E-state index contributed by atoms with van der Waals surface area (Å²) < 4.78 is 8.17. The molecule has 138 valence electrons. The number of thiophene rings is 1. The largest absolute Gasteiger partial charge is 0.369 e. The van der Waals surface area contributed by atoms with Gasteiger partial charge in [-0.25, -0.2) is 4.98 Å². The zero-order valence-corrected chi connectivity index (χ0v) is 15.8. The van der Waals surface area contributed by atoms with Gasteiger partial charge in [-0.05, 0) is 60.5 Å². The van der Waals surface area contributed by atoms with Crippen LogP contribution in [0.1, 0.15) is 33.6 Å². The minimum Gasteiger partial charge on any atom is -0.369 e. The predicted molar refractivity (Wildman–Crippen MR) is 104 cm³/mol. The van der Waals surface area contributed by atoms with Crippen LogP contribution in [0.2, 0.25) is 0 Å². The molecule has 2 aliphatic heterocycles. The first-order valence-electron chi connectivity index (χ1n) is 9.34. The molecule has 5 nitrogen and oxygen atoms in total. The summed E-state index contributed by atoms with van der Waals surface area (Å²) in [5, 5.41) is 2.17. The SMILES string of the molecule is O=C(c1ccc(-n2ccnc2)cc1)N1CCC2(CC1)OCCc1ccsc12. The van der Waals surface area contributed by atoms with Gasteiger partial charge in [-0.2, -0.15) is 0 Å². The van der Waals surface area contributed by atoms with Gasteiger partial charge >= 0.3 is 0 Å². The molecule has 0 N–H and O–H groups in total. The van der Waals surface area contributed by atoms with Gasteiger partial charge in [0.15, 0.2) is 0 Å². The van der Waals surface area contributed by atoms with E-state index >= 15 is 0 Å². The maximum atomic E-state index is 12.9. The Kier molecular flexibility index (Phi) is 4.10. The summed E-state index contributed by atoms with van der Waals surface area (Å²) in [6, 6.07) is 9.95. The predicted octanol–water partition coefficient (Wildman–Crippen LogP) is 3.64. The van der Waals surface area contributed by atoms with E-state index < -0.39 is 0 Å². The van der Waals surface area contributed by atoms with E-state index in [0.29, 0.717) is 0 Å². The smallest absolute Gasteiger partial charge is 0.253 e. The Labute approximate surface area is 162 Å². The van der Waals surface area contributed by atoms with Crippen LogP contribution >= 0.6 is 11.3 Å². The number of rotatable bonds is 2. The number of nitrogens with zero attached hydrogens (tertiary/aromatic N) is 3. The molecule has 1 fully saturated rings. The molecular weight excluding hydrogens is 358 g/mol. The number of amides is 1. The lowest BCUT2D eigenvalue weighted by Crippen LogP contribution is -2.47. The fourth-order valence-electron chi connectivity index (χ4n) is 4.17. The third-order valence-electron chi connectivity index (χ3n) is 5.69. The Morgan fingerprint density at radius 3 is 2.70 bits per heavy atom. The lowest BCUT2D eigenvalue weighted by atomic mass is 9.85. The van der Waals surface area contributed by atoms with Crippen LogP contribution in [-0.4, -0.2) is 40.1 Å². The summed E-state index contributed by atoms with van der Waals surface area (Å²) in [6.07, 6.45) is 8.15. The molecule has 0 aliphatic carbocycles. The van der Waals surface area contributed by atoms with Crippen LogP contribution in [0.15, 0.2) is 54.4 Å². The Morgan fingerprint density at radius 1 is 1.15 bits per heavy atom. The maximum Gasteiger partial charge on any atom is 0.253 e. The first-order valence-corrected chi connectivity index (χ1v) is 10.2. The van der Waals surface area contributed by atoms with Crippen molar-refractivity contribution in [1.29, 1.82) is 0 Å². The Hall–Kier alpha value is -2.44. The second kappa shape index (κ2) is 6.62. The monoisotopic (exact) mass is 379 g/mol. The summed E-state index contributed by atoms with van der Waals surface area (Å²) in [4.78, 5) is 20.3. The van der Waals surface area contributed by atoms with Crippen LogP contribution in [0, 0.1) is 0 Å². The quantitative estimate of drug-likeness (QED) is 0.683. The number of hydrogen-bond acceptors (Lipinski definition) is 4. The number of carbonyl (C=O) groups is 1. The van der Waals surface area contributed by atoms with Crippen molar-refractivity contribution in [3.8, 4) is 5.69 Å². The molecule has 1 spiro atoms. The topological polar surface area (TPSA) is 47.4 Å². The number of piperidine rings is 1. The molecule has 3 aromatic rings. The third-order valence-corrected chi connectivity index (χ3v) is 6.83. The number of likely N-dealkylation sites (tertiary alicyclic amines) is 1. The molecule has 1 amide bonds. The van der Waals surface area contributed by atoms with Crippen molar-refractivity contribution in [2.75, 3.05) is 19.7 Å². The van der Waals surface area contributed by atoms with Crippen molar-refractivity contribution >= 4 is 17.2 Å². The van der Waals surface area contributed by atoms with E-state index in [9.17, 15) is 4.79 Å². The highest BCUT2D eigenvalue weighted by Gasteiger charge is 2.42. The number of benzene rings is 1. The van der Waals surface area contributed by atoms with Gasteiger partial charge < -0.3 is 14.2 Å². The highest BCUT2D eigenvalue weighted by molar-refractivity contribution is 7.10. The highest BCUT2D eigenvalue weighted by Crippen LogP contribution is 2.44. The summed E-state index contributed by atoms with van der Waals surface area (Å²) in [6.45, 7) is 2.26. The minimum atomic E-state index is -0.177. The Balaban J connectivity index is 1.30. The number of aromatic nitrogens is 2. The minimum absolute atomic E-state index is 0.101. The molecule has 2 aliphatic rings. The van der Waals surface area contributed by atoms with Crippen molar-refractivity contribution in [1.82, 2.24) is 14.5 Å². The number of ether oxygens (including phenoxy) is 1. The molecular formula is C21H21N3O2S. The van der Waals surface area contributed by atoms with Crippen molar-refractivity contribution < 1.29 is 9.53 Å². The van der Waals surface area contributed by atoms with E-state index in [4.69, 9.17) is 4.74 Å². The molecule has 1 saturated heterocycles. The molecule has 0 saturated carbocycles. The van der Waals surface area contributed by atoms with Crippen molar-refractivity contribution in [3.63, 3.8) is 0 Å². The number of carbonyl (C=O) groups excluding carboxylic acids is 1. The standard InChI is InChI=1S/C21H21N3O2S/c25-20(17-1-3-18(4-2-17)24-12-9-22-15-24)23-10-7-21(8-11-23)19-16(5-13-26-21)6-14-27-19/h1-4,6,9,12,14-15H,5,7-8,10-11,13H2. The number of fused-ring (bicyclic) bond motifs is 2. The second-order valence-electron chi connectivity index (χ2n) is 7.18.